The Morgan fingerprint density at radius 2 is 2.03 bits per heavy atom. The van der Waals surface area contributed by atoms with Gasteiger partial charge < -0.3 is 20.6 Å². The second-order valence-electron chi connectivity index (χ2n) is 7.26. The van der Waals surface area contributed by atoms with E-state index in [1.165, 1.54) is 0 Å². The van der Waals surface area contributed by atoms with Gasteiger partial charge in [-0.2, -0.15) is 0 Å². The van der Waals surface area contributed by atoms with Gasteiger partial charge in [0.15, 0.2) is 0 Å². The number of nitrogens with one attached hydrogen (secondary N) is 1. The van der Waals surface area contributed by atoms with E-state index in [1.807, 2.05) is 48.5 Å². The van der Waals surface area contributed by atoms with Gasteiger partial charge in [0.1, 0.15) is 18.4 Å². The topological polar surface area (TPSA) is 109 Å². The van der Waals surface area contributed by atoms with Gasteiger partial charge >= 0.3 is 5.97 Å². The fraction of sp³-hybridized carbons (Fsp3) is 0.273. The van der Waals surface area contributed by atoms with Crippen LogP contribution in [0.5, 0.6) is 5.75 Å². The first-order valence-corrected chi connectivity index (χ1v) is 9.60. The van der Waals surface area contributed by atoms with Gasteiger partial charge in [0.2, 0.25) is 5.91 Å². The maximum absolute atomic E-state index is 12.1. The third-order valence-electron chi connectivity index (χ3n) is 5.42. The number of hydrogen-bond acceptors (Lipinski definition) is 4. The minimum Gasteiger partial charge on any atom is -0.489 e. The number of amides is 1. The van der Waals surface area contributed by atoms with Crippen LogP contribution in [0, 0.1) is 0 Å². The molecule has 7 nitrogen and oxygen atoms in total. The van der Waals surface area contributed by atoms with Crippen LogP contribution < -0.4 is 10.5 Å². The van der Waals surface area contributed by atoms with Gasteiger partial charge in [0.05, 0.1) is 6.04 Å². The van der Waals surface area contributed by atoms with Crippen molar-refractivity contribution in [2.24, 2.45) is 5.73 Å². The predicted molar refractivity (Wildman–Crippen MR) is 108 cm³/mol. The molecule has 1 saturated heterocycles. The van der Waals surface area contributed by atoms with Gasteiger partial charge in [-0.05, 0) is 30.5 Å². The van der Waals surface area contributed by atoms with Crippen LogP contribution >= 0.6 is 0 Å². The van der Waals surface area contributed by atoms with Crippen LogP contribution in [0.15, 0.2) is 54.7 Å². The highest BCUT2D eigenvalue weighted by atomic mass is 16.5. The molecule has 2 aromatic carbocycles. The summed E-state index contributed by atoms with van der Waals surface area (Å²) in [5, 5.41) is 10.7. The van der Waals surface area contributed by atoms with E-state index in [4.69, 9.17) is 10.5 Å². The van der Waals surface area contributed by atoms with Crippen LogP contribution in [-0.4, -0.2) is 39.5 Å². The number of carboxylic acid groups (broad SMARTS) is 1. The Kier molecular flexibility index (Phi) is 5.22. The normalized spacial score (nSPS) is 18.0. The number of aliphatic carboxylic acids is 1. The van der Waals surface area contributed by atoms with Crippen molar-refractivity contribution in [3.05, 3.63) is 65.9 Å². The molecule has 7 heteroatoms. The molecule has 0 aliphatic carbocycles. The number of aromatic nitrogens is 1. The summed E-state index contributed by atoms with van der Waals surface area (Å²) in [6.07, 6.45) is 3.02. The van der Waals surface area contributed by atoms with Crippen LogP contribution in [0.4, 0.5) is 0 Å². The highest BCUT2D eigenvalue weighted by molar-refractivity contribution is 5.90. The number of nitrogens with zero attached hydrogens (tertiary/aromatic N) is 1. The number of carboxylic acids is 1. The Hall–Kier alpha value is -3.32. The van der Waals surface area contributed by atoms with E-state index in [1.54, 1.807) is 11.1 Å². The average Bonchev–Trinajstić information content (AvgIpc) is 3.35. The summed E-state index contributed by atoms with van der Waals surface area (Å²) in [4.78, 5) is 28.7. The number of carbonyl (C=O) groups is 2. The Morgan fingerprint density at radius 1 is 1.24 bits per heavy atom. The molecular formula is C22H23N3O4. The minimum atomic E-state index is -0.997. The van der Waals surface area contributed by atoms with Crippen molar-refractivity contribution < 1.29 is 19.4 Å². The van der Waals surface area contributed by atoms with E-state index < -0.39 is 24.0 Å². The number of hydrogen-bond donors (Lipinski definition) is 3. The molecule has 1 fully saturated rings. The fourth-order valence-corrected chi connectivity index (χ4v) is 4.04. The van der Waals surface area contributed by atoms with Crippen LogP contribution in [0.3, 0.4) is 0 Å². The van der Waals surface area contributed by atoms with Crippen LogP contribution in [0.2, 0.25) is 0 Å². The third-order valence-corrected chi connectivity index (χ3v) is 5.42. The highest BCUT2D eigenvalue weighted by Crippen LogP contribution is 2.35. The molecule has 150 valence electrons. The molecule has 1 aromatic heterocycles. The lowest BCUT2D eigenvalue weighted by atomic mass is 10.0. The Morgan fingerprint density at radius 3 is 2.76 bits per heavy atom. The number of fused-ring (bicyclic) bond motifs is 1. The Balaban J connectivity index is 1.60. The number of primary amides is 1. The zero-order valence-corrected chi connectivity index (χ0v) is 15.9. The lowest BCUT2D eigenvalue weighted by Crippen LogP contribution is -2.44. The van der Waals surface area contributed by atoms with E-state index in [2.05, 4.69) is 4.98 Å². The van der Waals surface area contributed by atoms with E-state index >= 15 is 0 Å². The molecule has 1 amide bonds. The maximum atomic E-state index is 12.1. The zero-order chi connectivity index (χ0) is 20.4. The van der Waals surface area contributed by atoms with Crippen molar-refractivity contribution in [2.75, 3.05) is 6.54 Å². The van der Waals surface area contributed by atoms with Gasteiger partial charge in [-0.15, -0.1) is 0 Å². The van der Waals surface area contributed by atoms with Crippen molar-refractivity contribution >= 4 is 22.8 Å². The monoisotopic (exact) mass is 393 g/mol. The number of ether oxygens (including phenoxy) is 1. The SMILES string of the molecule is NC(=O)[C@H]1CCCN1[C@H](C(=O)O)c1c[nH]c2cc(OCc3ccccc3)ccc12. The summed E-state index contributed by atoms with van der Waals surface area (Å²) < 4.78 is 5.86. The number of carbonyl (C=O) groups excluding carboxylic acids is 1. The molecule has 4 rings (SSSR count). The molecule has 0 unspecified atom stereocenters. The fourth-order valence-electron chi connectivity index (χ4n) is 4.04. The second-order valence-corrected chi connectivity index (χ2v) is 7.26. The standard InChI is InChI=1S/C22H23N3O4/c23-21(26)19-7-4-10-25(19)20(22(27)28)17-12-24-18-11-15(8-9-16(17)18)29-13-14-5-2-1-3-6-14/h1-3,5-6,8-9,11-12,19-20,24H,4,7,10,13H2,(H2,23,26)(H,27,28)/t19-,20+/m1/s1. The van der Waals surface area contributed by atoms with Crippen LogP contribution in [-0.2, 0) is 16.2 Å². The molecule has 1 aliphatic heterocycles. The minimum absolute atomic E-state index is 0.450. The van der Waals surface area contributed by atoms with Crippen molar-refractivity contribution in [3.63, 3.8) is 0 Å². The molecule has 2 heterocycles. The summed E-state index contributed by atoms with van der Waals surface area (Å²) in [6, 6.07) is 13.9. The number of rotatable bonds is 7. The molecule has 3 aromatic rings. The molecule has 0 spiro atoms. The summed E-state index contributed by atoms with van der Waals surface area (Å²) >= 11 is 0. The molecule has 29 heavy (non-hydrogen) atoms. The molecule has 2 atom stereocenters. The lowest BCUT2D eigenvalue weighted by molar-refractivity contribution is -0.144. The van der Waals surface area contributed by atoms with Gasteiger partial charge in [0.25, 0.3) is 0 Å². The number of aromatic amines is 1. The molecule has 0 bridgehead atoms. The summed E-state index contributed by atoms with van der Waals surface area (Å²) in [7, 11) is 0. The van der Waals surface area contributed by atoms with E-state index in [9.17, 15) is 14.7 Å². The van der Waals surface area contributed by atoms with Crippen LogP contribution in [0.1, 0.15) is 30.0 Å². The Bertz CT molecular complexity index is 1030. The molecule has 0 radical (unpaired) electrons. The predicted octanol–water partition coefficient (Wildman–Crippen LogP) is 2.82. The number of benzene rings is 2. The lowest BCUT2D eigenvalue weighted by Gasteiger charge is -2.28. The van der Waals surface area contributed by atoms with Crippen molar-refractivity contribution in [1.82, 2.24) is 9.88 Å². The first kappa shape index (κ1) is 19.0. The largest absolute Gasteiger partial charge is 0.489 e. The first-order chi connectivity index (χ1) is 14.0. The average molecular weight is 393 g/mol. The third kappa shape index (κ3) is 3.82. The van der Waals surface area contributed by atoms with Crippen molar-refractivity contribution in [1.29, 1.82) is 0 Å². The first-order valence-electron chi connectivity index (χ1n) is 9.60. The van der Waals surface area contributed by atoms with Crippen molar-refractivity contribution in [3.8, 4) is 5.75 Å². The highest BCUT2D eigenvalue weighted by Gasteiger charge is 2.39. The van der Waals surface area contributed by atoms with Gasteiger partial charge in [-0.25, -0.2) is 0 Å². The smallest absolute Gasteiger partial charge is 0.325 e. The molecule has 0 saturated carbocycles. The molecule has 1 aliphatic rings. The second kappa shape index (κ2) is 7.97. The Labute approximate surface area is 168 Å². The van der Waals surface area contributed by atoms with Gasteiger partial charge in [-0.3, -0.25) is 14.5 Å². The number of likely N-dealkylation sites (tertiary alicyclic amines) is 1. The van der Waals surface area contributed by atoms with E-state index in [0.717, 1.165) is 22.9 Å². The number of nitrogens with two attached hydrogens (primary N) is 1. The summed E-state index contributed by atoms with van der Waals surface area (Å²) in [5.41, 5.74) is 7.97. The summed E-state index contributed by atoms with van der Waals surface area (Å²) in [6.45, 7) is 0.973. The van der Waals surface area contributed by atoms with E-state index in [0.29, 0.717) is 30.9 Å². The zero-order valence-electron chi connectivity index (χ0n) is 15.9. The van der Waals surface area contributed by atoms with E-state index in [-0.39, 0.29) is 0 Å². The molecule has 4 N–H and O–H groups in total. The number of H-pyrrole nitrogens is 1. The maximum Gasteiger partial charge on any atom is 0.325 e. The van der Waals surface area contributed by atoms with Gasteiger partial charge in [0, 0.05) is 35.3 Å². The van der Waals surface area contributed by atoms with Crippen molar-refractivity contribution in [2.45, 2.75) is 31.5 Å². The molecular weight excluding hydrogens is 370 g/mol. The van der Waals surface area contributed by atoms with Gasteiger partial charge in [-0.1, -0.05) is 30.3 Å². The quantitative estimate of drug-likeness (QED) is 0.572. The van der Waals surface area contributed by atoms with Crippen LogP contribution in [0.25, 0.3) is 10.9 Å². The summed E-state index contributed by atoms with van der Waals surface area (Å²) in [5.74, 6) is -0.786.